The van der Waals surface area contributed by atoms with Crippen molar-refractivity contribution in [1.29, 1.82) is 0 Å². The van der Waals surface area contributed by atoms with Gasteiger partial charge in [0, 0.05) is 0 Å². The average molecular weight is 307 g/mol. The fourth-order valence-electron chi connectivity index (χ4n) is 1.50. The largest absolute Gasteiger partial charge is 0.507 e. The van der Waals surface area contributed by atoms with Crippen molar-refractivity contribution in [2.75, 3.05) is 0 Å². The van der Waals surface area contributed by atoms with Gasteiger partial charge < -0.3 is 9.84 Å². The van der Waals surface area contributed by atoms with Gasteiger partial charge in [-0.05, 0) is 33.6 Å². The molecule has 1 N–H and O–H groups in total. The molecule has 4 heteroatoms. The minimum atomic E-state index is -0.0658. The molecule has 0 aliphatic carbocycles. The van der Waals surface area contributed by atoms with Crippen molar-refractivity contribution < 1.29 is 14.6 Å². The van der Waals surface area contributed by atoms with Crippen molar-refractivity contribution in [3.8, 4) is 11.5 Å². The van der Waals surface area contributed by atoms with Crippen molar-refractivity contribution in [2.45, 2.75) is 6.61 Å². The Balaban J connectivity index is 2.17. The molecule has 0 aliphatic rings. The summed E-state index contributed by atoms with van der Waals surface area (Å²) in [5.41, 5.74) is 1.24. The van der Waals surface area contributed by atoms with Gasteiger partial charge in [-0.15, -0.1) is 0 Å². The number of phenols is 1. The number of carbonyl (C=O) groups is 1. The van der Waals surface area contributed by atoms with E-state index in [1.807, 2.05) is 30.3 Å². The molecular formula is C14H11BrO3. The highest BCUT2D eigenvalue weighted by atomic mass is 79.9. The monoisotopic (exact) mass is 306 g/mol. The summed E-state index contributed by atoms with van der Waals surface area (Å²) in [4.78, 5) is 10.7. The quantitative estimate of drug-likeness (QED) is 0.879. The molecule has 0 saturated heterocycles. The van der Waals surface area contributed by atoms with Crippen LogP contribution in [0.25, 0.3) is 0 Å². The highest BCUT2D eigenvalue weighted by Crippen LogP contribution is 2.31. The number of aromatic hydroxyl groups is 1. The van der Waals surface area contributed by atoms with Gasteiger partial charge in [0.25, 0.3) is 0 Å². The Kier molecular flexibility index (Phi) is 3.99. The van der Waals surface area contributed by atoms with E-state index in [9.17, 15) is 9.90 Å². The Labute approximate surface area is 113 Å². The minimum absolute atomic E-state index is 0.0658. The van der Waals surface area contributed by atoms with Crippen LogP contribution in [0.4, 0.5) is 0 Å². The van der Waals surface area contributed by atoms with Crippen molar-refractivity contribution in [2.24, 2.45) is 0 Å². The summed E-state index contributed by atoms with van der Waals surface area (Å²) in [5.74, 6) is 0.461. The first kappa shape index (κ1) is 12.6. The minimum Gasteiger partial charge on any atom is -0.507 e. The maximum Gasteiger partial charge on any atom is 0.153 e. The summed E-state index contributed by atoms with van der Waals surface area (Å²) in [6.45, 7) is 0.405. The number of carbonyl (C=O) groups excluding carboxylic acids is 1. The lowest BCUT2D eigenvalue weighted by molar-refractivity contribution is 0.112. The van der Waals surface area contributed by atoms with Gasteiger partial charge in [0.05, 0.1) is 10.0 Å². The zero-order chi connectivity index (χ0) is 13.0. The van der Waals surface area contributed by atoms with Crippen molar-refractivity contribution in [3.63, 3.8) is 0 Å². The van der Waals surface area contributed by atoms with Gasteiger partial charge >= 0.3 is 0 Å². The van der Waals surface area contributed by atoms with Gasteiger partial charge in [0.15, 0.2) is 6.29 Å². The van der Waals surface area contributed by atoms with E-state index in [2.05, 4.69) is 15.9 Å². The maximum absolute atomic E-state index is 10.7. The van der Waals surface area contributed by atoms with Gasteiger partial charge in [0.1, 0.15) is 18.1 Å². The molecule has 2 aromatic rings. The Hall–Kier alpha value is -1.81. The summed E-state index contributed by atoms with van der Waals surface area (Å²) in [6, 6.07) is 12.7. The van der Waals surface area contributed by atoms with Gasteiger partial charge in [-0.25, -0.2) is 0 Å². The molecule has 2 rings (SSSR count). The van der Waals surface area contributed by atoms with Crippen molar-refractivity contribution in [3.05, 3.63) is 58.1 Å². The average Bonchev–Trinajstić information content (AvgIpc) is 2.39. The lowest BCUT2D eigenvalue weighted by Crippen LogP contribution is -1.96. The third kappa shape index (κ3) is 2.90. The highest BCUT2D eigenvalue weighted by molar-refractivity contribution is 9.10. The molecule has 0 unspecified atom stereocenters. The van der Waals surface area contributed by atoms with Crippen LogP contribution in [-0.4, -0.2) is 11.4 Å². The molecule has 0 atom stereocenters. The molecule has 0 aromatic heterocycles. The molecule has 92 valence electrons. The van der Waals surface area contributed by atoms with Crippen LogP contribution >= 0.6 is 15.9 Å². The molecule has 0 bridgehead atoms. The van der Waals surface area contributed by atoms with Crippen LogP contribution in [-0.2, 0) is 6.61 Å². The molecule has 0 aliphatic heterocycles. The molecule has 2 aromatic carbocycles. The predicted octanol–water partition coefficient (Wildman–Crippen LogP) is 3.55. The Morgan fingerprint density at radius 3 is 2.61 bits per heavy atom. The first-order valence-electron chi connectivity index (χ1n) is 5.35. The van der Waals surface area contributed by atoms with E-state index in [4.69, 9.17) is 4.74 Å². The first-order valence-corrected chi connectivity index (χ1v) is 6.14. The lowest BCUT2D eigenvalue weighted by atomic mass is 10.2. The molecule has 0 heterocycles. The Morgan fingerprint density at radius 1 is 1.22 bits per heavy atom. The van der Waals surface area contributed by atoms with Crippen LogP contribution in [0.3, 0.4) is 0 Å². The van der Waals surface area contributed by atoms with Gasteiger partial charge in [-0.2, -0.15) is 0 Å². The highest BCUT2D eigenvalue weighted by Gasteiger charge is 2.08. The summed E-state index contributed by atoms with van der Waals surface area (Å²) in [6.07, 6.45) is 0.594. The molecule has 0 spiro atoms. The number of benzene rings is 2. The van der Waals surface area contributed by atoms with Crippen LogP contribution in [0.15, 0.2) is 46.9 Å². The fourth-order valence-corrected chi connectivity index (χ4v) is 1.94. The van der Waals surface area contributed by atoms with E-state index < -0.39 is 0 Å². The van der Waals surface area contributed by atoms with Gasteiger partial charge in [-0.1, -0.05) is 30.3 Å². The van der Waals surface area contributed by atoms with E-state index >= 15 is 0 Å². The van der Waals surface area contributed by atoms with E-state index in [1.54, 1.807) is 0 Å². The number of hydrogen-bond donors (Lipinski definition) is 1. The first-order chi connectivity index (χ1) is 8.70. The summed E-state index contributed by atoms with van der Waals surface area (Å²) in [7, 11) is 0. The Bertz CT molecular complexity index is 552. The molecule has 0 radical (unpaired) electrons. The van der Waals surface area contributed by atoms with E-state index in [1.165, 1.54) is 12.1 Å². The van der Waals surface area contributed by atoms with Crippen LogP contribution in [0, 0.1) is 0 Å². The third-order valence-corrected chi connectivity index (χ3v) is 3.07. The molecule has 18 heavy (non-hydrogen) atoms. The summed E-state index contributed by atoms with van der Waals surface area (Å²) < 4.78 is 6.22. The lowest BCUT2D eigenvalue weighted by Gasteiger charge is -2.09. The zero-order valence-electron chi connectivity index (χ0n) is 9.47. The topological polar surface area (TPSA) is 46.5 Å². The van der Waals surface area contributed by atoms with Crippen LogP contribution in [0.2, 0.25) is 0 Å². The number of hydrogen-bond acceptors (Lipinski definition) is 3. The van der Waals surface area contributed by atoms with Crippen LogP contribution in [0.1, 0.15) is 15.9 Å². The normalized spacial score (nSPS) is 10.1. The molecular weight excluding hydrogens is 296 g/mol. The smallest absolute Gasteiger partial charge is 0.153 e. The van der Waals surface area contributed by atoms with Crippen LogP contribution < -0.4 is 4.74 Å². The summed E-state index contributed by atoms with van der Waals surface area (Å²) in [5, 5.41) is 9.48. The van der Waals surface area contributed by atoms with Gasteiger partial charge in [-0.3, -0.25) is 4.79 Å². The van der Waals surface area contributed by atoms with Gasteiger partial charge in [0.2, 0.25) is 0 Å². The number of phenolic OH excluding ortho intramolecular Hbond substituents is 1. The number of rotatable bonds is 4. The maximum atomic E-state index is 10.7. The molecule has 0 amide bonds. The third-order valence-electron chi connectivity index (χ3n) is 2.45. The SMILES string of the molecule is O=Cc1cc(OCc2ccccc2)c(Br)cc1O. The second-order valence-electron chi connectivity index (χ2n) is 3.73. The van der Waals surface area contributed by atoms with E-state index in [-0.39, 0.29) is 11.3 Å². The van der Waals surface area contributed by atoms with E-state index in [0.717, 1.165) is 5.56 Å². The Morgan fingerprint density at radius 2 is 1.94 bits per heavy atom. The predicted molar refractivity (Wildman–Crippen MR) is 72.0 cm³/mol. The number of halogens is 1. The summed E-state index contributed by atoms with van der Waals surface area (Å²) >= 11 is 3.28. The molecule has 0 fully saturated rings. The number of ether oxygens (including phenoxy) is 1. The number of aldehydes is 1. The molecule has 3 nitrogen and oxygen atoms in total. The zero-order valence-corrected chi connectivity index (χ0v) is 11.1. The standard InChI is InChI=1S/C14H11BrO3/c15-12-7-13(17)11(8-16)6-14(12)18-9-10-4-2-1-3-5-10/h1-8,17H,9H2. The fraction of sp³-hybridized carbons (Fsp3) is 0.0714. The molecule has 0 saturated carbocycles. The van der Waals surface area contributed by atoms with Crippen molar-refractivity contribution in [1.82, 2.24) is 0 Å². The van der Waals surface area contributed by atoms with Crippen LogP contribution in [0.5, 0.6) is 11.5 Å². The van der Waals surface area contributed by atoms with Crippen molar-refractivity contribution >= 4 is 22.2 Å². The van der Waals surface area contributed by atoms with E-state index in [0.29, 0.717) is 23.1 Å². The second-order valence-corrected chi connectivity index (χ2v) is 4.59. The second kappa shape index (κ2) is 5.69.